The fourth-order valence-electron chi connectivity index (χ4n) is 4.16. The van der Waals surface area contributed by atoms with Crippen LogP contribution in [0.3, 0.4) is 0 Å². The number of nitrogens with zero attached hydrogens (tertiary/aromatic N) is 3. The molecule has 43 heavy (non-hydrogen) atoms. The van der Waals surface area contributed by atoms with Crippen molar-refractivity contribution >= 4 is 22.7 Å². The third-order valence-electron chi connectivity index (χ3n) is 6.08. The lowest BCUT2D eigenvalue weighted by molar-refractivity contribution is -0.138. The fourth-order valence-corrected chi connectivity index (χ4v) is 4.85. The Labute approximate surface area is 243 Å². The van der Waals surface area contributed by atoms with E-state index < -0.39 is 57.7 Å². The molecule has 0 aliphatic heterocycles. The van der Waals surface area contributed by atoms with Crippen molar-refractivity contribution in [1.82, 2.24) is 15.2 Å². The number of alkyl halides is 6. The van der Waals surface area contributed by atoms with Gasteiger partial charge in [-0.1, -0.05) is 48.2 Å². The molecule has 0 radical (unpaired) electrons. The molecule has 2 heterocycles. The van der Waals surface area contributed by atoms with E-state index in [9.17, 15) is 36.2 Å². The van der Waals surface area contributed by atoms with Gasteiger partial charge < -0.3 is 14.3 Å². The molecule has 1 N–H and O–H groups in total. The van der Waals surface area contributed by atoms with E-state index in [1.54, 1.807) is 18.2 Å². The monoisotopic (exact) mass is 619 g/mol. The van der Waals surface area contributed by atoms with Crippen molar-refractivity contribution in [3.8, 4) is 28.3 Å². The summed E-state index contributed by atoms with van der Waals surface area (Å²) in [4.78, 5) is 15.6. The number of thioether (sulfide) groups is 1. The number of fused-ring (bicyclic) bond motifs is 1. The number of rotatable bonds is 8. The van der Waals surface area contributed by atoms with Gasteiger partial charge in [0.1, 0.15) is 29.3 Å². The summed E-state index contributed by atoms with van der Waals surface area (Å²) in [6.07, 6.45) is -10.8. The third kappa shape index (κ3) is 6.97. The number of aromatic nitrogens is 3. The van der Waals surface area contributed by atoms with Gasteiger partial charge in [-0.05, 0) is 30.3 Å². The number of hydrogen-bond acceptors (Lipinski definition) is 8. The summed E-state index contributed by atoms with van der Waals surface area (Å²) in [6.45, 7) is -0.218. The standard InChI is InChI=1S/C29H19F6N3O4S/c30-28(31,32)21-7-3-1-5-19(21)25-26(20-6-2-4-8-22(20)29(33,34)35)37-38-27(36-25)43-15-17(39)14-41-18-11-9-16-10-12-24(40)42-23(16)13-18/h1-13,17,39H,14-15H2. The van der Waals surface area contributed by atoms with Gasteiger partial charge in [-0.25, -0.2) is 9.78 Å². The summed E-state index contributed by atoms with van der Waals surface area (Å²) in [6, 6.07) is 16.3. The Kier molecular flexibility index (Phi) is 8.42. The highest BCUT2D eigenvalue weighted by Crippen LogP contribution is 2.42. The topological polar surface area (TPSA) is 98.3 Å². The minimum Gasteiger partial charge on any atom is -0.491 e. The summed E-state index contributed by atoms with van der Waals surface area (Å²) in [5, 5.41) is 18.7. The van der Waals surface area contributed by atoms with E-state index in [-0.39, 0.29) is 23.1 Å². The second kappa shape index (κ2) is 12.1. The first kappa shape index (κ1) is 30.0. The average Bonchev–Trinajstić information content (AvgIpc) is 2.97. The first-order chi connectivity index (χ1) is 20.4. The van der Waals surface area contributed by atoms with Gasteiger partial charge in [0.15, 0.2) is 0 Å². The number of hydrogen-bond donors (Lipinski definition) is 1. The van der Waals surface area contributed by atoms with Gasteiger partial charge in [0.25, 0.3) is 0 Å². The number of halogens is 6. The van der Waals surface area contributed by atoms with Crippen molar-refractivity contribution in [2.75, 3.05) is 12.4 Å². The SMILES string of the molecule is O=c1ccc2ccc(OCC(O)CSc3nnc(-c4ccccc4C(F)(F)F)c(-c4ccccc4C(F)(F)F)n3)cc2o1. The molecule has 0 fully saturated rings. The molecule has 0 bridgehead atoms. The van der Waals surface area contributed by atoms with Crippen molar-refractivity contribution in [3.63, 3.8) is 0 Å². The summed E-state index contributed by atoms with van der Waals surface area (Å²) in [7, 11) is 0. The van der Waals surface area contributed by atoms with Crippen molar-refractivity contribution in [3.05, 3.63) is 100 Å². The van der Waals surface area contributed by atoms with Crippen molar-refractivity contribution in [2.45, 2.75) is 23.6 Å². The Morgan fingerprint density at radius 2 is 1.42 bits per heavy atom. The summed E-state index contributed by atoms with van der Waals surface area (Å²) in [5.41, 5.74) is -4.39. The van der Waals surface area contributed by atoms with E-state index in [1.165, 1.54) is 24.3 Å². The maximum atomic E-state index is 13.9. The molecule has 0 aliphatic rings. The Bertz CT molecular complexity index is 1830. The van der Waals surface area contributed by atoms with Gasteiger partial charge in [0, 0.05) is 34.4 Å². The second-order valence-electron chi connectivity index (χ2n) is 9.11. The lowest BCUT2D eigenvalue weighted by Gasteiger charge is -2.17. The molecule has 0 aliphatic carbocycles. The maximum absolute atomic E-state index is 13.9. The first-order valence-corrected chi connectivity index (χ1v) is 13.4. The van der Waals surface area contributed by atoms with Crippen LogP contribution in [0.25, 0.3) is 33.5 Å². The quantitative estimate of drug-likeness (QED) is 0.114. The van der Waals surface area contributed by atoms with Crippen molar-refractivity contribution in [2.24, 2.45) is 0 Å². The summed E-state index contributed by atoms with van der Waals surface area (Å²) in [5.74, 6) is 0.214. The molecule has 14 heteroatoms. The van der Waals surface area contributed by atoms with E-state index in [0.29, 0.717) is 11.1 Å². The number of aliphatic hydroxyl groups excluding tert-OH is 1. The molecular weight excluding hydrogens is 600 g/mol. The largest absolute Gasteiger partial charge is 0.491 e. The van der Waals surface area contributed by atoms with Crippen LogP contribution >= 0.6 is 11.8 Å². The molecular formula is C29H19F6N3O4S. The minimum atomic E-state index is -4.84. The normalized spacial score (nSPS) is 12.8. The van der Waals surface area contributed by atoms with Gasteiger partial charge in [-0.2, -0.15) is 26.3 Å². The van der Waals surface area contributed by atoms with E-state index >= 15 is 0 Å². The van der Waals surface area contributed by atoms with E-state index in [4.69, 9.17) is 9.15 Å². The Morgan fingerprint density at radius 3 is 2.07 bits per heavy atom. The Morgan fingerprint density at radius 1 is 0.814 bits per heavy atom. The van der Waals surface area contributed by atoms with Gasteiger partial charge in [0.2, 0.25) is 5.16 Å². The minimum absolute atomic E-state index is 0.0941. The Hall–Kier alpha value is -4.43. The van der Waals surface area contributed by atoms with Crippen molar-refractivity contribution < 1.29 is 40.6 Å². The van der Waals surface area contributed by atoms with Crippen molar-refractivity contribution in [1.29, 1.82) is 0 Å². The molecule has 3 aromatic carbocycles. The lowest BCUT2D eigenvalue weighted by atomic mass is 9.97. The van der Waals surface area contributed by atoms with Gasteiger partial charge in [0.05, 0.1) is 17.2 Å². The van der Waals surface area contributed by atoms with Crippen LogP contribution in [0.15, 0.2) is 93.2 Å². The number of aliphatic hydroxyl groups is 1. The van der Waals surface area contributed by atoms with Crippen LogP contribution in [-0.2, 0) is 12.4 Å². The van der Waals surface area contributed by atoms with Gasteiger partial charge in [-0.15, -0.1) is 10.2 Å². The molecule has 0 amide bonds. The lowest BCUT2D eigenvalue weighted by Crippen LogP contribution is -2.20. The highest BCUT2D eigenvalue weighted by Gasteiger charge is 2.37. The fraction of sp³-hybridized carbons (Fsp3) is 0.172. The van der Waals surface area contributed by atoms with Crippen LogP contribution in [0.4, 0.5) is 26.3 Å². The van der Waals surface area contributed by atoms with E-state index in [1.807, 2.05) is 0 Å². The summed E-state index contributed by atoms with van der Waals surface area (Å²) < 4.78 is 93.8. The molecule has 0 saturated carbocycles. The zero-order chi connectivity index (χ0) is 30.8. The highest BCUT2D eigenvalue weighted by atomic mass is 32.2. The molecule has 0 spiro atoms. The van der Waals surface area contributed by atoms with Crippen LogP contribution in [0, 0.1) is 0 Å². The molecule has 2 aromatic heterocycles. The molecule has 5 rings (SSSR count). The zero-order valence-corrected chi connectivity index (χ0v) is 22.5. The number of ether oxygens (including phenoxy) is 1. The van der Waals surface area contributed by atoms with Crippen LogP contribution in [0.1, 0.15) is 11.1 Å². The first-order valence-electron chi connectivity index (χ1n) is 12.5. The maximum Gasteiger partial charge on any atom is 0.417 e. The molecule has 7 nitrogen and oxygen atoms in total. The van der Waals surface area contributed by atoms with E-state index in [0.717, 1.165) is 48.2 Å². The zero-order valence-electron chi connectivity index (χ0n) is 21.7. The molecule has 222 valence electrons. The van der Waals surface area contributed by atoms with Crippen LogP contribution in [0.5, 0.6) is 5.75 Å². The molecule has 5 aromatic rings. The summed E-state index contributed by atoms with van der Waals surface area (Å²) >= 11 is 0.826. The second-order valence-corrected chi connectivity index (χ2v) is 10.1. The molecule has 1 atom stereocenters. The highest BCUT2D eigenvalue weighted by molar-refractivity contribution is 7.99. The predicted molar refractivity (Wildman–Crippen MR) is 145 cm³/mol. The smallest absolute Gasteiger partial charge is 0.417 e. The van der Waals surface area contributed by atoms with Gasteiger partial charge in [-0.3, -0.25) is 0 Å². The van der Waals surface area contributed by atoms with Crippen LogP contribution in [-0.4, -0.2) is 38.8 Å². The predicted octanol–water partition coefficient (Wildman–Crippen LogP) is 6.88. The van der Waals surface area contributed by atoms with Gasteiger partial charge >= 0.3 is 18.0 Å². The van der Waals surface area contributed by atoms with Crippen LogP contribution in [0.2, 0.25) is 0 Å². The van der Waals surface area contributed by atoms with Crippen LogP contribution < -0.4 is 10.4 Å². The Balaban J connectivity index is 1.42. The third-order valence-corrected chi connectivity index (χ3v) is 7.07. The number of benzene rings is 3. The average molecular weight is 620 g/mol. The molecule has 1 unspecified atom stereocenters. The van der Waals surface area contributed by atoms with E-state index in [2.05, 4.69) is 15.2 Å². The molecule has 0 saturated heterocycles.